The highest BCUT2D eigenvalue weighted by molar-refractivity contribution is 5.93. The molecule has 1 rings (SSSR count). The maximum atomic E-state index is 10.8. The third-order valence-corrected chi connectivity index (χ3v) is 1.54. The van der Waals surface area contributed by atoms with Crippen molar-refractivity contribution in [2.24, 2.45) is 0 Å². The van der Waals surface area contributed by atoms with Crippen molar-refractivity contribution in [1.29, 1.82) is 5.59 Å². The Morgan fingerprint density at radius 1 is 1.31 bits per heavy atom. The molecule has 0 saturated carbocycles. The third kappa shape index (κ3) is 3.57. The second-order valence-electron chi connectivity index (χ2n) is 2.41. The standard InChI is InChI=1S/C9H10O2.HNO/c1-7(11)9-4-2-8(6-10)3-5-9;1-2/h2-5,10H,6H2,1H3;1H. The lowest BCUT2D eigenvalue weighted by atomic mass is 10.1. The molecule has 0 aliphatic heterocycles. The van der Waals surface area contributed by atoms with E-state index in [1.54, 1.807) is 24.3 Å². The Morgan fingerprint density at radius 3 is 2.08 bits per heavy atom. The molecule has 0 amide bonds. The van der Waals surface area contributed by atoms with E-state index in [-0.39, 0.29) is 12.4 Å². The van der Waals surface area contributed by atoms with Crippen LogP contribution in [0.3, 0.4) is 0 Å². The fourth-order valence-corrected chi connectivity index (χ4v) is 0.845. The van der Waals surface area contributed by atoms with Crippen LogP contribution in [0.4, 0.5) is 0 Å². The van der Waals surface area contributed by atoms with Crippen LogP contribution < -0.4 is 0 Å². The van der Waals surface area contributed by atoms with E-state index in [1.807, 2.05) is 0 Å². The molecule has 0 spiro atoms. The summed E-state index contributed by atoms with van der Waals surface area (Å²) in [5.41, 5.74) is 6.01. The number of aliphatic hydroxyl groups is 1. The quantitative estimate of drug-likeness (QED) is 0.538. The van der Waals surface area contributed by atoms with Crippen molar-refractivity contribution in [3.8, 4) is 0 Å². The van der Waals surface area contributed by atoms with E-state index in [0.717, 1.165) is 5.56 Å². The van der Waals surface area contributed by atoms with Gasteiger partial charge in [-0.3, -0.25) is 4.79 Å². The van der Waals surface area contributed by atoms with Gasteiger partial charge in [0.15, 0.2) is 5.78 Å². The van der Waals surface area contributed by atoms with Gasteiger partial charge in [0, 0.05) is 5.56 Å². The van der Waals surface area contributed by atoms with Crippen molar-refractivity contribution in [2.75, 3.05) is 0 Å². The fraction of sp³-hybridized carbons (Fsp3) is 0.222. The number of benzene rings is 1. The molecule has 4 nitrogen and oxygen atoms in total. The molecular formula is C9H11NO3. The molecule has 0 unspecified atom stereocenters. The van der Waals surface area contributed by atoms with Crippen molar-refractivity contribution in [2.45, 2.75) is 13.5 Å². The van der Waals surface area contributed by atoms with E-state index in [2.05, 4.69) is 5.59 Å². The highest BCUT2D eigenvalue weighted by atomic mass is 16.3. The van der Waals surface area contributed by atoms with Gasteiger partial charge in [-0.2, -0.15) is 4.91 Å². The summed E-state index contributed by atoms with van der Waals surface area (Å²) in [4.78, 5) is 18.3. The Labute approximate surface area is 76.0 Å². The average Bonchev–Trinajstić information content (AvgIpc) is 2.21. The summed E-state index contributed by atoms with van der Waals surface area (Å²) in [6, 6.07) is 6.93. The van der Waals surface area contributed by atoms with Crippen LogP contribution in [0.15, 0.2) is 24.3 Å². The summed E-state index contributed by atoms with van der Waals surface area (Å²) in [5, 5.41) is 8.68. The van der Waals surface area contributed by atoms with Crippen LogP contribution in [0.5, 0.6) is 0 Å². The second kappa shape index (κ2) is 6.02. The van der Waals surface area contributed by atoms with Gasteiger partial charge in [-0.1, -0.05) is 29.9 Å². The summed E-state index contributed by atoms with van der Waals surface area (Å²) < 4.78 is 0. The van der Waals surface area contributed by atoms with Gasteiger partial charge in [0.05, 0.1) is 6.61 Å². The first-order chi connectivity index (χ1) is 6.24. The predicted octanol–water partition coefficient (Wildman–Crippen LogP) is 1.71. The minimum Gasteiger partial charge on any atom is -0.392 e. The molecule has 1 aromatic carbocycles. The third-order valence-electron chi connectivity index (χ3n) is 1.54. The molecule has 0 aliphatic carbocycles. The first-order valence-electron chi connectivity index (χ1n) is 3.65. The largest absolute Gasteiger partial charge is 0.392 e. The zero-order chi connectivity index (χ0) is 10.3. The van der Waals surface area contributed by atoms with Crippen LogP contribution in [0.1, 0.15) is 22.8 Å². The van der Waals surface area contributed by atoms with Crippen molar-refractivity contribution >= 4 is 5.78 Å². The van der Waals surface area contributed by atoms with Gasteiger partial charge in [-0.05, 0) is 12.5 Å². The van der Waals surface area contributed by atoms with Crippen LogP contribution in [-0.4, -0.2) is 10.9 Å². The van der Waals surface area contributed by atoms with Gasteiger partial charge < -0.3 is 5.11 Å². The lowest BCUT2D eigenvalue weighted by Crippen LogP contribution is -1.91. The Morgan fingerprint density at radius 2 is 1.77 bits per heavy atom. The van der Waals surface area contributed by atoms with Crippen LogP contribution in [0.25, 0.3) is 0 Å². The van der Waals surface area contributed by atoms with Gasteiger partial charge in [-0.15, -0.1) is 0 Å². The number of Topliss-reactive ketones (excluding diaryl/α,β-unsaturated/α-hetero) is 1. The lowest BCUT2D eigenvalue weighted by molar-refractivity contribution is 0.101. The Balaban J connectivity index is 0.000000671. The molecule has 0 radical (unpaired) electrons. The maximum Gasteiger partial charge on any atom is 0.159 e. The summed E-state index contributed by atoms with van der Waals surface area (Å²) in [5.74, 6) is 0.0505. The SMILES string of the molecule is CC(=O)c1ccc(CO)cc1.N=O. The molecule has 13 heavy (non-hydrogen) atoms. The van der Waals surface area contributed by atoms with Crippen LogP contribution in [0.2, 0.25) is 0 Å². The van der Waals surface area contributed by atoms with Gasteiger partial charge in [0.2, 0.25) is 0 Å². The highest BCUT2D eigenvalue weighted by Gasteiger charge is 1.96. The molecule has 0 bridgehead atoms. The second-order valence-corrected chi connectivity index (χ2v) is 2.41. The van der Waals surface area contributed by atoms with E-state index in [4.69, 9.17) is 10.0 Å². The van der Waals surface area contributed by atoms with Crippen LogP contribution in [0, 0.1) is 10.5 Å². The van der Waals surface area contributed by atoms with E-state index >= 15 is 0 Å². The zero-order valence-electron chi connectivity index (χ0n) is 7.28. The minimum absolute atomic E-state index is 0.0260. The number of nitrogens with one attached hydrogen (secondary N) is 1. The molecule has 1 aromatic rings. The Bertz CT molecular complexity index is 269. The molecule has 0 aliphatic rings. The van der Waals surface area contributed by atoms with Gasteiger partial charge in [-0.25, -0.2) is 0 Å². The van der Waals surface area contributed by atoms with Crippen molar-refractivity contribution in [3.05, 3.63) is 40.3 Å². The van der Waals surface area contributed by atoms with E-state index in [0.29, 0.717) is 5.56 Å². The topological polar surface area (TPSA) is 78.2 Å². The summed E-state index contributed by atoms with van der Waals surface area (Å²) in [7, 11) is 0. The Hall–Kier alpha value is -1.55. The lowest BCUT2D eigenvalue weighted by Gasteiger charge is -1.96. The molecule has 2 N–H and O–H groups in total. The monoisotopic (exact) mass is 181 g/mol. The smallest absolute Gasteiger partial charge is 0.159 e. The highest BCUT2D eigenvalue weighted by Crippen LogP contribution is 2.04. The first-order valence-corrected chi connectivity index (χ1v) is 3.65. The fourth-order valence-electron chi connectivity index (χ4n) is 0.845. The van der Waals surface area contributed by atoms with E-state index in [1.165, 1.54) is 6.92 Å². The van der Waals surface area contributed by atoms with Crippen molar-refractivity contribution < 1.29 is 9.90 Å². The minimum atomic E-state index is 0.0260. The van der Waals surface area contributed by atoms with E-state index in [9.17, 15) is 4.79 Å². The number of rotatable bonds is 2. The molecule has 4 heteroatoms. The molecular weight excluding hydrogens is 170 g/mol. The van der Waals surface area contributed by atoms with Gasteiger partial charge >= 0.3 is 0 Å². The molecule has 70 valence electrons. The average molecular weight is 181 g/mol. The number of aliphatic hydroxyl groups excluding tert-OH is 1. The van der Waals surface area contributed by atoms with Gasteiger partial charge in [0.25, 0.3) is 0 Å². The number of nitroso groups, excluding NO2 is 1. The molecule has 0 saturated heterocycles. The number of hydrogen-bond donors (Lipinski definition) is 2. The number of carbonyl (C=O) groups excluding carboxylic acids is 1. The number of ketones is 1. The molecule has 0 heterocycles. The zero-order valence-corrected chi connectivity index (χ0v) is 7.28. The first kappa shape index (κ1) is 11.4. The number of carbonyl (C=O) groups is 1. The van der Waals surface area contributed by atoms with Crippen molar-refractivity contribution in [3.63, 3.8) is 0 Å². The van der Waals surface area contributed by atoms with Crippen molar-refractivity contribution in [1.82, 2.24) is 0 Å². The molecule has 0 aromatic heterocycles. The Kier molecular flexibility index (Phi) is 5.30. The predicted molar refractivity (Wildman–Crippen MR) is 48.5 cm³/mol. The normalized spacial score (nSPS) is 8.46. The van der Waals surface area contributed by atoms with E-state index < -0.39 is 0 Å². The number of hydrogen-bond acceptors (Lipinski definition) is 4. The summed E-state index contributed by atoms with van der Waals surface area (Å²) in [6.07, 6.45) is 0. The summed E-state index contributed by atoms with van der Waals surface area (Å²) >= 11 is 0. The molecule has 0 fully saturated rings. The van der Waals surface area contributed by atoms with Gasteiger partial charge in [0.1, 0.15) is 0 Å². The van der Waals surface area contributed by atoms with Crippen LogP contribution in [-0.2, 0) is 6.61 Å². The maximum absolute atomic E-state index is 10.8. The molecule has 0 atom stereocenters. The van der Waals surface area contributed by atoms with Crippen LogP contribution >= 0.6 is 0 Å². The summed E-state index contributed by atoms with van der Waals surface area (Å²) in [6.45, 7) is 1.55.